The van der Waals surface area contributed by atoms with E-state index < -0.39 is 7.14 Å². The molecule has 0 aromatic rings. The largest absolute Gasteiger partial charge is 0.380 e. The third kappa shape index (κ3) is 7.11. The van der Waals surface area contributed by atoms with Gasteiger partial charge in [-0.15, -0.1) is 0 Å². The van der Waals surface area contributed by atoms with Gasteiger partial charge in [-0.25, -0.2) is 0 Å². The summed E-state index contributed by atoms with van der Waals surface area (Å²) in [6.07, 6.45) is 9.88. The molecule has 3 rings (SSSR count). The molecule has 9 heteroatoms. The van der Waals surface area contributed by atoms with E-state index in [1.165, 1.54) is 18.9 Å². The number of methoxy groups -OCH3 is 1. The van der Waals surface area contributed by atoms with E-state index in [1.807, 2.05) is 13.3 Å². The quantitative estimate of drug-likeness (QED) is 0.279. The molecule has 2 saturated carbocycles. The monoisotopic (exact) mass is 455 g/mol. The first-order chi connectivity index (χ1) is 14.8. The van der Waals surface area contributed by atoms with Crippen LogP contribution in [0.3, 0.4) is 0 Å². The molecule has 1 saturated heterocycles. The Morgan fingerprint density at radius 2 is 1.71 bits per heavy atom. The van der Waals surface area contributed by atoms with Crippen LogP contribution in [0.4, 0.5) is 0 Å². The van der Waals surface area contributed by atoms with Crippen LogP contribution >= 0.6 is 7.14 Å². The summed E-state index contributed by atoms with van der Waals surface area (Å²) in [5.41, 5.74) is 0.273. The van der Waals surface area contributed by atoms with Crippen LogP contribution in [-0.4, -0.2) is 75.2 Å². The molecule has 2 aliphatic carbocycles. The van der Waals surface area contributed by atoms with Crippen molar-refractivity contribution in [2.75, 3.05) is 27.1 Å². The van der Waals surface area contributed by atoms with Crippen molar-refractivity contribution in [3.05, 3.63) is 12.7 Å². The van der Waals surface area contributed by atoms with E-state index in [4.69, 9.17) is 4.74 Å². The van der Waals surface area contributed by atoms with Gasteiger partial charge in [0.25, 0.3) is 0 Å². The standard InChI is InChI=1S/C22H42N5O3P/c1-5-22(28)25-15-10-11-18(30-2)17(12-15)27-21-13-20(23-14-24-21)26-16-8-6-7-9-19(16)31(3,4)29/h5,15-21,23-24,26-27H,1,6-14H2,2-4H3,(H,25,28). The van der Waals surface area contributed by atoms with E-state index in [0.717, 1.165) is 38.5 Å². The first-order valence-corrected chi connectivity index (χ1v) is 14.5. The number of ether oxygens (including phenoxy) is 1. The van der Waals surface area contributed by atoms with E-state index in [9.17, 15) is 9.36 Å². The Morgan fingerprint density at radius 1 is 1.03 bits per heavy atom. The van der Waals surface area contributed by atoms with Gasteiger partial charge in [0.05, 0.1) is 25.6 Å². The zero-order valence-corrected chi connectivity index (χ0v) is 20.3. The zero-order chi connectivity index (χ0) is 22.4. The van der Waals surface area contributed by atoms with Crippen LogP contribution in [0.2, 0.25) is 0 Å². The minimum absolute atomic E-state index is 0.116. The molecule has 0 bridgehead atoms. The molecule has 3 fully saturated rings. The summed E-state index contributed by atoms with van der Waals surface area (Å²) in [5.74, 6) is -0.116. The van der Waals surface area contributed by atoms with E-state index >= 15 is 0 Å². The van der Waals surface area contributed by atoms with Gasteiger partial charge in [-0.05, 0) is 51.5 Å². The lowest BCUT2D eigenvalue weighted by molar-refractivity contribution is -0.117. The number of carbonyl (C=O) groups is 1. The van der Waals surface area contributed by atoms with Gasteiger partial charge in [-0.2, -0.15) is 0 Å². The lowest BCUT2D eigenvalue weighted by Crippen LogP contribution is -2.65. The van der Waals surface area contributed by atoms with Crippen molar-refractivity contribution in [1.82, 2.24) is 26.6 Å². The smallest absolute Gasteiger partial charge is 0.243 e. The van der Waals surface area contributed by atoms with Gasteiger partial charge in [-0.3, -0.25) is 26.1 Å². The first kappa shape index (κ1) is 24.9. The Morgan fingerprint density at radius 3 is 2.35 bits per heavy atom. The van der Waals surface area contributed by atoms with E-state index in [1.54, 1.807) is 7.11 Å². The highest BCUT2D eigenvalue weighted by Gasteiger charge is 2.37. The predicted octanol–water partition coefficient (Wildman–Crippen LogP) is 1.53. The number of carbonyl (C=O) groups excluding carboxylic acids is 1. The molecule has 5 N–H and O–H groups in total. The molecule has 7 atom stereocenters. The van der Waals surface area contributed by atoms with Crippen molar-refractivity contribution in [1.29, 1.82) is 0 Å². The van der Waals surface area contributed by atoms with Crippen LogP contribution < -0.4 is 26.6 Å². The third-order valence-corrected chi connectivity index (χ3v) is 9.36. The van der Waals surface area contributed by atoms with E-state index in [-0.39, 0.29) is 42.1 Å². The Kier molecular flexibility index (Phi) is 9.14. The lowest BCUT2D eigenvalue weighted by atomic mass is 9.88. The number of nitrogens with one attached hydrogen (secondary N) is 5. The predicted molar refractivity (Wildman–Crippen MR) is 126 cm³/mol. The first-order valence-electron chi connectivity index (χ1n) is 11.8. The van der Waals surface area contributed by atoms with Crippen LogP contribution in [-0.2, 0) is 14.1 Å². The summed E-state index contributed by atoms with van der Waals surface area (Å²) in [4.78, 5) is 11.7. The second-order valence-electron chi connectivity index (χ2n) is 9.76. The third-order valence-electron chi connectivity index (χ3n) is 7.15. The molecule has 8 nitrogen and oxygen atoms in total. The molecular weight excluding hydrogens is 413 g/mol. The van der Waals surface area contributed by atoms with Crippen LogP contribution in [0.5, 0.6) is 0 Å². The average Bonchev–Trinajstić information content (AvgIpc) is 2.74. The van der Waals surface area contributed by atoms with Crippen LogP contribution in [0.15, 0.2) is 12.7 Å². The highest BCUT2D eigenvalue weighted by atomic mass is 31.2. The molecule has 1 heterocycles. The van der Waals surface area contributed by atoms with Gasteiger partial charge in [0.15, 0.2) is 0 Å². The van der Waals surface area contributed by atoms with Crippen molar-refractivity contribution in [2.45, 2.75) is 93.6 Å². The van der Waals surface area contributed by atoms with Gasteiger partial charge >= 0.3 is 0 Å². The van der Waals surface area contributed by atoms with Gasteiger partial charge in [0, 0.05) is 44.0 Å². The van der Waals surface area contributed by atoms with Gasteiger partial charge < -0.3 is 14.6 Å². The number of hydrogen-bond acceptors (Lipinski definition) is 7. The molecule has 1 amide bonds. The zero-order valence-electron chi connectivity index (χ0n) is 19.4. The molecule has 1 aliphatic heterocycles. The Balaban J connectivity index is 1.56. The molecular formula is C22H42N5O3P. The summed E-state index contributed by atoms with van der Waals surface area (Å²) in [6.45, 7) is 8.14. The topological polar surface area (TPSA) is 104 Å². The molecule has 178 valence electrons. The van der Waals surface area contributed by atoms with Gasteiger partial charge in [-0.1, -0.05) is 19.4 Å². The SMILES string of the molecule is C=CC(=O)NC1CCC(OC)C(NC2CC(NC3CCCCC3P(C)(C)=O)NCN2)C1. The Bertz CT molecular complexity index is 657. The fourth-order valence-electron chi connectivity index (χ4n) is 5.52. The fourth-order valence-corrected chi connectivity index (χ4v) is 7.43. The highest BCUT2D eigenvalue weighted by Crippen LogP contribution is 2.49. The molecule has 3 aliphatic rings. The van der Waals surface area contributed by atoms with Crippen LogP contribution in [0, 0.1) is 0 Å². The van der Waals surface area contributed by atoms with Crippen molar-refractivity contribution >= 4 is 13.0 Å². The summed E-state index contributed by atoms with van der Waals surface area (Å²) < 4.78 is 18.6. The van der Waals surface area contributed by atoms with Crippen LogP contribution in [0.1, 0.15) is 51.4 Å². The second-order valence-corrected chi connectivity index (χ2v) is 13.3. The molecule has 7 unspecified atom stereocenters. The van der Waals surface area contributed by atoms with Crippen LogP contribution in [0.25, 0.3) is 0 Å². The fraction of sp³-hybridized carbons (Fsp3) is 0.864. The average molecular weight is 456 g/mol. The molecule has 0 aromatic heterocycles. The summed E-state index contributed by atoms with van der Waals surface area (Å²) in [6, 6.07) is 0.612. The normalized spacial score (nSPS) is 37.2. The maximum absolute atomic E-state index is 12.8. The lowest BCUT2D eigenvalue weighted by Gasteiger charge is -2.42. The number of hydrogen-bond donors (Lipinski definition) is 5. The minimum Gasteiger partial charge on any atom is -0.380 e. The molecule has 0 aromatic carbocycles. The molecule has 0 radical (unpaired) electrons. The van der Waals surface area contributed by atoms with E-state index in [0.29, 0.717) is 12.7 Å². The Hall–Kier alpha value is -0.760. The van der Waals surface area contributed by atoms with Gasteiger partial charge in [0.1, 0.15) is 0 Å². The van der Waals surface area contributed by atoms with Crippen molar-refractivity contribution in [3.8, 4) is 0 Å². The number of rotatable bonds is 8. The molecule has 31 heavy (non-hydrogen) atoms. The van der Waals surface area contributed by atoms with Crippen molar-refractivity contribution < 1.29 is 14.1 Å². The second kappa shape index (κ2) is 11.4. The maximum atomic E-state index is 12.8. The van der Waals surface area contributed by atoms with Crippen molar-refractivity contribution in [3.63, 3.8) is 0 Å². The summed E-state index contributed by atoms with van der Waals surface area (Å²) in [5, 5.41) is 17.6. The van der Waals surface area contributed by atoms with E-state index in [2.05, 4.69) is 33.2 Å². The van der Waals surface area contributed by atoms with Gasteiger partial charge in [0.2, 0.25) is 5.91 Å². The summed E-state index contributed by atoms with van der Waals surface area (Å²) in [7, 11) is -0.359. The maximum Gasteiger partial charge on any atom is 0.243 e. The number of amides is 1. The summed E-state index contributed by atoms with van der Waals surface area (Å²) >= 11 is 0. The highest BCUT2D eigenvalue weighted by molar-refractivity contribution is 7.63. The molecule has 0 spiro atoms. The van der Waals surface area contributed by atoms with Crippen molar-refractivity contribution in [2.24, 2.45) is 0 Å². The Labute approximate surface area is 187 Å². The minimum atomic E-state index is -2.12.